The normalized spacial score (nSPS) is 16.0. The minimum absolute atomic E-state index is 0.00945. The zero-order chi connectivity index (χ0) is 19.8. The number of ether oxygens (including phenoxy) is 1. The fourth-order valence-corrected chi connectivity index (χ4v) is 3.55. The summed E-state index contributed by atoms with van der Waals surface area (Å²) in [6.07, 6.45) is 0. The molecule has 0 aromatic heterocycles. The van der Waals surface area contributed by atoms with Crippen molar-refractivity contribution in [1.82, 2.24) is 15.5 Å². The fraction of sp³-hybridized carbons (Fsp3) is 0.435. The molecule has 2 aromatic rings. The Bertz CT molecular complexity index is 743. The van der Waals surface area contributed by atoms with E-state index in [1.165, 1.54) is 5.56 Å². The average molecular weight is 382 g/mol. The summed E-state index contributed by atoms with van der Waals surface area (Å²) in [4.78, 5) is 15.0. The fourth-order valence-electron chi connectivity index (χ4n) is 3.55. The van der Waals surface area contributed by atoms with Crippen molar-refractivity contribution in [3.05, 3.63) is 71.3 Å². The highest BCUT2D eigenvalue weighted by molar-refractivity contribution is 5.74. The number of nitrogens with one attached hydrogen (secondary N) is 2. The van der Waals surface area contributed by atoms with E-state index in [0.717, 1.165) is 44.0 Å². The lowest BCUT2D eigenvalue weighted by atomic mass is 9.96. The van der Waals surface area contributed by atoms with E-state index >= 15 is 0 Å². The van der Waals surface area contributed by atoms with Crippen LogP contribution in [0.15, 0.2) is 54.6 Å². The van der Waals surface area contributed by atoms with Crippen LogP contribution in [0.2, 0.25) is 0 Å². The molecule has 2 N–H and O–H groups in total. The number of carbonyl (C=O) groups excluding carboxylic acids is 1. The molecular formula is C23H31N3O2. The SMILES string of the molecule is CC(C)[C@@H](NC(=O)NCc1ccccc1CN1CCOCC1)c1ccccc1. The first-order chi connectivity index (χ1) is 13.6. The van der Waals surface area contributed by atoms with Gasteiger partial charge in [0, 0.05) is 26.2 Å². The molecule has 1 fully saturated rings. The van der Waals surface area contributed by atoms with Crippen molar-refractivity contribution in [2.45, 2.75) is 33.0 Å². The Labute approximate surface area is 168 Å². The topological polar surface area (TPSA) is 53.6 Å². The molecule has 1 atom stereocenters. The molecular weight excluding hydrogens is 350 g/mol. The molecule has 2 amide bonds. The van der Waals surface area contributed by atoms with Gasteiger partial charge in [-0.2, -0.15) is 0 Å². The largest absolute Gasteiger partial charge is 0.379 e. The van der Waals surface area contributed by atoms with Crippen LogP contribution >= 0.6 is 0 Å². The first kappa shape index (κ1) is 20.4. The lowest BCUT2D eigenvalue weighted by Crippen LogP contribution is -2.39. The average Bonchev–Trinajstić information content (AvgIpc) is 2.72. The van der Waals surface area contributed by atoms with E-state index < -0.39 is 0 Å². The number of urea groups is 1. The second-order valence-corrected chi connectivity index (χ2v) is 7.62. The summed E-state index contributed by atoms with van der Waals surface area (Å²) in [7, 11) is 0. The quantitative estimate of drug-likeness (QED) is 0.769. The van der Waals surface area contributed by atoms with Crippen LogP contribution in [0.5, 0.6) is 0 Å². The Morgan fingerprint density at radius 3 is 2.32 bits per heavy atom. The Hall–Kier alpha value is -2.37. The third-order valence-corrected chi connectivity index (χ3v) is 5.17. The lowest BCUT2D eigenvalue weighted by Gasteiger charge is -2.27. The predicted octanol–water partition coefficient (Wildman–Crippen LogP) is 3.72. The molecule has 150 valence electrons. The van der Waals surface area contributed by atoms with Gasteiger partial charge in [0.15, 0.2) is 0 Å². The Morgan fingerprint density at radius 1 is 1.00 bits per heavy atom. The van der Waals surface area contributed by atoms with E-state index in [4.69, 9.17) is 4.74 Å². The molecule has 1 saturated heterocycles. The molecule has 0 bridgehead atoms. The number of nitrogens with zero attached hydrogens (tertiary/aromatic N) is 1. The summed E-state index contributed by atoms with van der Waals surface area (Å²) in [5.41, 5.74) is 3.54. The predicted molar refractivity (Wildman–Crippen MR) is 112 cm³/mol. The van der Waals surface area contributed by atoms with Crippen LogP contribution in [0.4, 0.5) is 4.79 Å². The Kier molecular flexibility index (Phi) is 7.46. The van der Waals surface area contributed by atoms with Crippen molar-refractivity contribution in [2.75, 3.05) is 26.3 Å². The van der Waals surface area contributed by atoms with E-state index in [2.05, 4.69) is 59.7 Å². The first-order valence-corrected chi connectivity index (χ1v) is 10.1. The van der Waals surface area contributed by atoms with Crippen molar-refractivity contribution in [3.8, 4) is 0 Å². The highest BCUT2D eigenvalue weighted by atomic mass is 16.5. The molecule has 1 heterocycles. The third-order valence-electron chi connectivity index (χ3n) is 5.17. The standard InChI is InChI=1S/C23H31N3O2/c1-18(2)22(19-8-4-3-5-9-19)25-23(27)24-16-20-10-6-7-11-21(20)17-26-12-14-28-15-13-26/h3-11,18,22H,12-17H2,1-2H3,(H2,24,25,27)/t22-/m1/s1. The summed E-state index contributed by atoms with van der Waals surface area (Å²) < 4.78 is 5.43. The van der Waals surface area contributed by atoms with Crippen molar-refractivity contribution in [1.29, 1.82) is 0 Å². The zero-order valence-corrected chi connectivity index (χ0v) is 16.9. The van der Waals surface area contributed by atoms with Crippen LogP contribution in [-0.4, -0.2) is 37.2 Å². The molecule has 28 heavy (non-hydrogen) atoms. The van der Waals surface area contributed by atoms with E-state index in [0.29, 0.717) is 12.5 Å². The van der Waals surface area contributed by atoms with Crippen LogP contribution in [0.1, 0.15) is 36.6 Å². The van der Waals surface area contributed by atoms with Gasteiger partial charge in [0.25, 0.3) is 0 Å². The first-order valence-electron chi connectivity index (χ1n) is 10.1. The van der Waals surface area contributed by atoms with Gasteiger partial charge in [0.2, 0.25) is 0 Å². The van der Waals surface area contributed by atoms with Gasteiger partial charge < -0.3 is 15.4 Å². The zero-order valence-electron chi connectivity index (χ0n) is 16.9. The number of benzene rings is 2. The Balaban J connectivity index is 1.58. The summed E-state index contributed by atoms with van der Waals surface area (Å²) in [6, 6.07) is 18.3. The summed E-state index contributed by atoms with van der Waals surface area (Å²) >= 11 is 0. The summed E-state index contributed by atoms with van der Waals surface area (Å²) in [5, 5.41) is 6.17. The van der Waals surface area contributed by atoms with Crippen LogP contribution in [0.3, 0.4) is 0 Å². The van der Waals surface area contributed by atoms with Gasteiger partial charge in [-0.05, 0) is 22.6 Å². The van der Waals surface area contributed by atoms with Gasteiger partial charge >= 0.3 is 6.03 Å². The highest BCUT2D eigenvalue weighted by Crippen LogP contribution is 2.21. The van der Waals surface area contributed by atoms with Gasteiger partial charge in [-0.15, -0.1) is 0 Å². The maximum absolute atomic E-state index is 12.6. The van der Waals surface area contributed by atoms with Crippen molar-refractivity contribution in [3.63, 3.8) is 0 Å². The van der Waals surface area contributed by atoms with Gasteiger partial charge in [-0.25, -0.2) is 4.79 Å². The molecule has 0 spiro atoms. The number of hydrogen-bond donors (Lipinski definition) is 2. The molecule has 1 aliphatic rings. The highest BCUT2D eigenvalue weighted by Gasteiger charge is 2.18. The smallest absolute Gasteiger partial charge is 0.315 e. The van der Waals surface area contributed by atoms with Crippen LogP contribution in [0.25, 0.3) is 0 Å². The van der Waals surface area contributed by atoms with E-state index in [1.807, 2.05) is 24.3 Å². The molecule has 0 unspecified atom stereocenters. The Morgan fingerprint density at radius 2 is 1.64 bits per heavy atom. The van der Waals surface area contributed by atoms with E-state index in [9.17, 15) is 4.79 Å². The molecule has 2 aromatic carbocycles. The summed E-state index contributed by atoms with van der Waals surface area (Å²) in [5.74, 6) is 0.307. The van der Waals surface area contributed by atoms with Crippen LogP contribution in [0, 0.1) is 5.92 Å². The van der Waals surface area contributed by atoms with Crippen molar-refractivity contribution in [2.24, 2.45) is 5.92 Å². The maximum atomic E-state index is 12.6. The third kappa shape index (κ3) is 5.81. The molecule has 5 heteroatoms. The monoisotopic (exact) mass is 381 g/mol. The number of morpholine rings is 1. The molecule has 1 aliphatic heterocycles. The van der Waals surface area contributed by atoms with Gasteiger partial charge in [-0.1, -0.05) is 68.4 Å². The number of carbonyl (C=O) groups is 1. The molecule has 0 radical (unpaired) electrons. The summed E-state index contributed by atoms with van der Waals surface area (Å²) in [6.45, 7) is 9.14. The van der Waals surface area contributed by atoms with E-state index in [-0.39, 0.29) is 12.1 Å². The molecule has 5 nitrogen and oxygen atoms in total. The second-order valence-electron chi connectivity index (χ2n) is 7.62. The van der Waals surface area contributed by atoms with Crippen molar-refractivity contribution < 1.29 is 9.53 Å². The lowest BCUT2D eigenvalue weighted by molar-refractivity contribution is 0.0341. The molecule has 0 saturated carbocycles. The van der Waals surface area contributed by atoms with E-state index in [1.54, 1.807) is 0 Å². The maximum Gasteiger partial charge on any atom is 0.315 e. The van der Waals surface area contributed by atoms with Gasteiger partial charge in [0.05, 0.1) is 19.3 Å². The molecule has 3 rings (SSSR count). The number of amides is 2. The van der Waals surface area contributed by atoms with Crippen LogP contribution < -0.4 is 10.6 Å². The second kappa shape index (κ2) is 10.2. The minimum atomic E-state index is -0.135. The van der Waals surface area contributed by atoms with Gasteiger partial charge in [-0.3, -0.25) is 4.90 Å². The minimum Gasteiger partial charge on any atom is -0.379 e. The number of hydrogen-bond acceptors (Lipinski definition) is 3. The van der Waals surface area contributed by atoms with Crippen LogP contribution in [-0.2, 0) is 17.8 Å². The van der Waals surface area contributed by atoms with Gasteiger partial charge in [0.1, 0.15) is 0 Å². The number of rotatable bonds is 7. The molecule has 0 aliphatic carbocycles. The van der Waals surface area contributed by atoms with Crippen molar-refractivity contribution >= 4 is 6.03 Å².